The van der Waals surface area contributed by atoms with Gasteiger partial charge in [0.05, 0.1) is 11.6 Å². The van der Waals surface area contributed by atoms with Gasteiger partial charge in [0.25, 0.3) is 0 Å². The van der Waals surface area contributed by atoms with E-state index >= 15 is 0 Å². The predicted octanol–water partition coefficient (Wildman–Crippen LogP) is 4.83. The summed E-state index contributed by atoms with van der Waals surface area (Å²) in [4.78, 5) is 0. The molecule has 0 aromatic heterocycles. The molecule has 2 N–H and O–H groups in total. The summed E-state index contributed by atoms with van der Waals surface area (Å²) in [6.45, 7) is 8.83. The minimum absolute atomic E-state index is 0.0277. The van der Waals surface area contributed by atoms with Crippen LogP contribution in [-0.2, 0) is 0 Å². The fourth-order valence-corrected chi connectivity index (χ4v) is 2.19. The molecule has 2 nitrogen and oxygen atoms in total. The molecule has 102 valence electrons. The largest absolute Gasteiger partial charge is 0.492 e. The Morgan fingerprint density at radius 2 is 1.83 bits per heavy atom. The Balaban J connectivity index is 3.15. The summed E-state index contributed by atoms with van der Waals surface area (Å²) in [7, 11) is 0. The Hall–Kier alpha value is -0.440. The van der Waals surface area contributed by atoms with E-state index in [1.165, 1.54) is 0 Å². The Morgan fingerprint density at radius 3 is 2.33 bits per heavy atom. The van der Waals surface area contributed by atoms with Gasteiger partial charge in [0.1, 0.15) is 5.75 Å². The molecular formula is C14H21Cl2NO. The number of halogens is 2. The fraction of sp³-hybridized carbons (Fsp3) is 0.571. The first-order valence-electron chi connectivity index (χ1n) is 6.20. The van der Waals surface area contributed by atoms with Gasteiger partial charge in [-0.1, -0.05) is 44.0 Å². The molecule has 0 saturated carbocycles. The zero-order valence-corrected chi connectivity index (χ0v) is 12.9. The third-order valence-corrected chi connectivity index (χ3v) is 4.06. The maximum absolute atomic E-state index is 6.29. The minimum Gasteiger partial charge on any atom is -0.492 e. The van der Waals surface area contributed by atoms with Crippen molar-refractivity contribution in [3.05, 3.63) is 27.7 Å². The number of ether oxygens (including phenoxy) is 1. The Labute approximate surface area is 119 Å². The topological polar surface area (TPSA) is 35.2 Å². The van der Waals surface area contributed by atoms with Crippen LogP contribution in [0.2, 0.25) is 10.0 Å². The third-order valence-electron chi connectivity index (χ3n) is 3.44. The van der Waals surface area contributed by atoms with Crippen LogP contribution in [0.5, 0.6) is 5.75 Å². The summed E-state index contributed by atoms with van der Waals surface area (Å²) in [5, 5.41) is 1.16. The van der Waals surface area contributed by atoms with Gasteiger partial charge in [0, 0.05) is 17.1 Å². The van der Waals surface area contributed by atoms with Gasteiger partial charge in [0.2, 0.25) is 0 Å². The van der Waals surface area contributed by atoms with Crippen LogP contribution in [0.15, 0.2) is 12.1 Å². The van der Waals surface area contributed by atoms with Crippen LogP contribution in [0.1, 0.15) is 45.7 Å². The van der Waals surface area contributed by atoms with Crippen molar-refractivity contribution < 1.29 is 4.74 Å². The molecule has 0 radical (unpaired) electrons. The van der Waals surface area contributed by atoms with Crippen molar-refractivity contribution in [2.24, 2.45) is 11.1 Å². The molecule has 4 heteroatoms. The molecule has 1 rings (SSSR count). The molecule has 18 heavy (non-hydrogen) atoms. The standard InChI is InChI=1S/C14H21Cl2NO/c1-5-14(3,4)13(17)9-7-11(16)12(18-6-2)8-10(9)15/h7-8,13H,5-6,17H2,1-4H3. The van der Waals surface area contributed by atoms with Gasteiger partial charge >= 0.3 is 0 Å². The van der Waals surface area contributed by atoms with Crippen LogP contribution < -0.4 is 10.5 Å². The van der Waals surface area contributed by atoms with Gasteiger partial charge in [-0.2, -0.15) is 0 Å². The SMILES string of the molecule is CCOc1cc(Cl)c(C(N)C(C)(C)CC)cc1Cl. The van der Waals surface area contributed by atoms with Crippen LogP contribution in [-0.4, -0.2) is 6.61 Å². The van der Waals surface area contributed by atoms with E-state index in [-0.39, 0.29) is 11.5 Å². The van der Waals surface area contributed by atoms with E-state index in [0.29, 0.717) is 22.4 Å². The lowest BCUT2D eigenvalue weighted by Gasteiger charge is -2.31. The zero-order chi connectivity index (χ0) is 13.9. The smallest absolute Gasteiger partial charge is 0.139 e. The predicted molar refractivity (Wildman–Crippen MR) is 78.6 cm³/mol. The van der Waals surface area contributed by atoms with E-state index in [1.54, 1.807) is 6.07 Å². The quantitative estimate of drug-likeness (QED) is 0.843. The van der Waals surface area contributed by atoms with Crippen molar-refractivity contribution in [3.63, 3.8) is 0 Å². The number of rotatable bonds is 5. The van der Waals surface area contributed by atoms with Gasteiger partial charge in [-0.3, -0.25) is 0 Å². The molecule has 0 heterocycles. The van der Waals surface area contributed by atoms with Crippen LogP contribution >= 0.6 is 23.2 Å². The van der Waals surface area contributed by atoms with Gasteiger partial charge in [-0.05, 0) is 30.4 Å². The second-order valence-corrected chi connectivity index (χ2v) is 5.87. The third kappa shape index (κ3) is 3.31. The first kappa shape index (κ1) is 15.6. The van der Waals surface area contributed by atoms with Crippen molar-refractivity contribution in [1.82, 2.24) is 0 Å². The first-order valence-corrected chi connectivity index (χ1v) is 6.96. The molecule has 0 saturated heterocycles. The highest BCUT2D eigenvalue weighted by Crippen LogP contribution is 2.40. The van der Waals surface area contributed by atoms with Crippen molar-refractivity contribution in [2.75, 3.05) is 6.61 Å². The maximum atomic E-state index is 6.29. The van der Waals surface area contributed by atoms with Crippen LogP contribution in [0.4, 0.5) is 0 Å². The van der Waals surface area contributed by atoms with Gasteiger partial charge in [-0.25, -0.2) is 0 Å². The first-order chi connectivity index (χ1) is 8.33. The van der Waals surface area contributed by atoms with E-state index in [0.717, 1.165) is 12.0 Å². The molecule has 0 aliphatic heterocycles. The lowest BCUT2D eigenvalue weighted by atomic mass is 9.79. The lowest BCUT2D eigenvalue weighted by molar-refractivity contribution is 0.278. The molecule has 0 fully saturated rings. The highest BCUT2D eigenvalue weighted by atomic mass is 35.5. The Kier molecular flexibility index (Phi) is 5.32. The molecular weight excluding hydrogens is 269 g/mol. The van der Waals surface area contributed by atoms with Gasteiger partial charge in [-0.15, -0.1) is 0 Å². The molecule has 0 amide bonds. The molecule has 0 aliphatic carbocycles. The highest BCUT2D eigenvalue weighted by molar-refractivity contribution is 6.34. The van der Waals surface area contributed by atoms with E-state index in [2.05, 4.69) is 20.8 Å². The molecule has 0 spiro atoms. The molecule has 0 aliphatic rings. The Morgan fingerprint density at radius 1 is 1.22 bits per heavy atom. The van der Waals surface area contributed by atoms with Crippen molar-refractivity contribution in [2.45, 2.75) is 40.2 Å². The molecule has 0 bridgehead atoms. The van der Waals surface area contributed by atoms with Crippen LogP contribution in [0.3, 0.4) is 0 Å². The summed E-state index contributed by atoms with van der Waals surface area (Å²) in [6.07, 6.45) is 0.968. The molecule has 1 aromatic carbocycles. The number of hydrogen-bond donors (Lipinski definition) is 1. The van der Waals surface area contributed by atoms with Crippen LogP contribution in [0.25, 0.3) is 0 Å². The van der Waals surface area contributed by atoms with E-state index in [4.69, 9.17) is 33.7 Å². The van der Waals surface area contributed by atoms with E-state index < -0.39 is 0 Å². The normalized spacial score (nSPS) is 13.5. The van der Waals surface area contributed by atoms with Crippen molar-refractivity contribution in [3.8, 4) is 5.75 Å². The second kappa shape index (κ2) is 6.14. The molecule has 1 atom stereocenters. The second-order valence-electron chi connectivity index (χ2n) is 5.06. The Bertz CT molecular complexity index is 419. The number of hydrogen-bond acceptors (Lipinski definition) is 2. The average molecular weight is 290 g/mol. The van der Waals surface area contributed by atoms with Gasteiger partial charge < -0.3 is 10.5 Å². The number of benzene rings is 1. The lowest BCUT2D eigenvalue weighted by Crippen LogP contribution is -2.28. The summed E-state index contributed by atoms with van der Waals surface area (Å²) in [5.41, 5.74) is 7.14. The summed E-state index contributed by atoms with van der Waals surface area (Å²) < 4.78 is 5.41. The molecule has 1 aromatic rings. The summed E-state index contributed by atoms with van der Waals surface area (Å²) >= 11 is 12.5. The average Bonchev–Trinajstić information content (AvgIpc) is 2.32. The summed E-state index contributed by atoms with van der Waals surface area (Å²) in [6, 6.07) is 3.41. The van der Waals surface area contributed by atoms with Crippen LogP contribution in [0, 0.1) is 5.41 Å². The fourth-order valence-electron chi connectivity index (χ4n) is 1.69. The van der Waals surface area contributed by atoms with Gasteiger partial charge in [0.15, 0.2) is 0 Å². The zero-order valence-electron chi connectivity index (χ0n) is 11.4. The highest BCUT2D eigenvalue weighted by Gasteiger charge is 2.28. The minimum atomic E-state index is -0.150. The van der Waals surface area contributed by atoms with Crippen molar-refractivity contribution in [1.29, 1.82) is 0 Å². The molecule has 1 unspecified atom stereocenters. The maximum Gasteiger partial charge on any atom is 0.139 e. The monoisotopic (exact) mass is 289 g/mol. The van der Waals surface area contributed by atoms with Crippen molar-refractivity contribution >= 4 is 23.2 Å². The number of nitrogens with two attached hydrogens (primary N) is 1. The van der Waals surface area contributed by atoms with E-state index in [1.807, 2.05) is 13.0 Å². The van der Waals surface area contributed by atoms with E-state index in [9.17, 15) is 0 Å². The summed E-state index contributed by atoms with van der Waals surface area (Å²) in [5.74, 6) is 0.606.